The second kappa shape index (κ2) is 15.1. The number of hydrogen-bond acceptors (Lipinski definition) is 6. The lowest BCUT2D eigenvalue weighted by Crippen LogP contribution is -2.52. The van der Waals surface area contributed by atoms with E-state index in [0.29, 0.717) is 31.1 Å². The first-order valence-electron chi connectivity index (χ1n) is 14.3. The number of amides is 2. The summed E-state index contributed by atoms with van der Waals surface area (Å²) in [5.41, 5.74) is 1.53. The largest absolute Gasteiger partial charge is 0.484 e. The van der Waals surface area contributed by atoms with E-state index in [2.05, 4.69) is 5.32 Å². The van der Waals surface area contributed by atoms with Gasteiger partial charge in [-0.3, -0.25) is 9.59 Å². The van der Waals surface area contributed by atoms with E-state index in [-0.39, 0.29) is 49.4 Å². The molecule has 1 fully saturated rings. The van der Waals surface area contributed by atoms with Crippen LogP contribution in [-0.4, -0.2) is 74.9 Å². The fourth-order valence-corrected chi connectivity index (χ4v) is 6.04. The molecule has 0 bridgehead atoms. The predicted molar refractivity (Wildman–Crippen MR) is 160 cm³/mol. The Morgan fingerprint density at radius 3 is 2.23 bits per heavy atom. The Morgan fingerprint density at radius 2 is 1.60 bits per heavy atom. The van der Waals surface area contributed by atoms with Crippen LogP contribution >= 0.6 is 0 Å². The number of ether oxygens (including phenoxy) is 2. The summed E-state index contributed by atoms with van der Waals surface area (Å²) in [6.45, 7) is 5.35. The van der Waals surface area contributed by atoms with E-state index in [9.17, 15) is 22.4 Å². The number of halogens is 1. The molecule has 1 N–H and O–H groups in total. The van der Waals surface area contributed by atoms with Crippen LogP contribution in [0.3, 0.4) is 0 Å². The van der Waals surface area contributed by atoms with Gasteiger partial charge in [-0.25, -0.2) is 12.8 Å². The third-order valence-electron chi connectivity index (χ3n) is 7.02. The van der Waals surface area contributed by atoms with Crippen molar-refractivity contribution in [2.45, 2.75) is 37.8 Å². The van der Waals surface area contributed by atoms with Crippen molar-refractivity contribution in [3.8, 4) is 5.75 Å². The maximum atomic E-state index is 13.7. The van der Waals surface area contributed by atoms with Gasteiger partial charge in [0.25, 0.3) is 5.91 Å². The fraction of sp³-hybridized carbons (Fsp3) is 0.375. The van der Waals surface area contributed by atoms with Crippen LogP contribution in [0.2, 0.25) is 0 Å². The topological polar surface area (TPSA) is 105 Å². The summed E-state index contributed by atoms with van der Waals surface area (Å²) in [5.74, 6) is -0.638. The molecule has 1 saturated heterocycles. The highest BCUT2D eigenvalue weighted by molar-refractivity contribution is 7.89. The molecular weight excluding hydrogens is 573 g/mol. The minimum Gasteiger partial charge on any atom is -0.484 e. The van der Waals surface area contributed by atoms with Gasteiger partial charge in [0.05, 0.1) is 18.1 Å². The molecule has 3 aromatic carbocycles. The summed E-state index contributed by atoms with van der Waals surface area (Å²) < 4.78 is 51.9. The van der Waals surface area contributed by atoms with E-state index in [1.54, 1.807) is 12.1 Å². The Balaban J connectivity index is 1.54. The van der Waals surface area contributed by atoms with Crippen molar-refractivity contribution in [2.24, 2.45) is 5.92 Å². The highest BCUT2D eigenvalue weighted by Gasteiger charge is 2.31. The van der Waals surface area contributed by atoms with Crippen LogP contribution in [-0.2, 0) is 37.3 Å². The predicted octanol–water partition coefficient (Wildman–Crippen LogP) is 3.64. The number of nitrogens with zero attached hydrogens (tertiary/aromatic N) is 2. The molecule has 11 heteroatoms. The van der Waals surface area contributed by atoms with Crippen molar-refractivity contribution < 1.29 is 31.9 Å². The van der Waals surface area contributed by atoms with Crippen molar-refractivity contribution in [1.29, 1.82) is 0 Å². The molecule has 0 aliphatic carbocycles. The van der Waals surface area contributed by atoms with E-state index in [4.69, 9.17) is 9.47 Å². The van der Waals surface area contributed by atoms with Crippen molar-refractivity contribution in [3.05, 3.63) is 95.8 Å². The molecule has 9 nitrogen and oxygen atoms in total. The Bertz CT molecular complexity index is 1440. The molecule has 2 amide bonds. The van der Waals surface area contributed by atoms with E-state index in [0.717, 1.165) is 5.56 Å². The van der Waals surface area contributed by atoms with Gasteiger partial charge >= 0.3 is 0 Å². The number of carbonyl (C=O) groups is 2. The molecule has 0 saturated carbocycles. The number of nitrogens with one attached hydrogen (secondary N) is 1. The third-order valence-corrected chi connectivity index (χ3v) is 8.93. The van der Waals surface area contributed by atoms with Crippen LogP contribution in [0.25, 0.3) is 0 Å². The van der Waals surface area contributed by atoms with Gasteiger partial charge in [-0.2, -0.15) is 4.31 Å². The zero-order chi connectivity index (χ0) is 30.8. The normalized spacial score (nSPS) is 14.7. The van der Waals surface area contributed by atoms with E-state index >= 15 is 0 Å². The standard InChI is InChI=1S/C32H38FN3O6S/c1-24(2)21-34-32(38)30(20-25-6-4-3-5-7-25)36(22-26-8-10-27(33)11-9-26)31(37)23-42-28-12-14-29(15-13-28)43(39,40)35-16-18-41-19-17-35/h3-15,24,30H,16-23H2,1-2H3,(H,34,38). The summed E-state index contributed by atoms with van der Waals surface area (Å²) in [5, 5.41) is 2.95. The number of carbonyl (C=O) groups excluding carboxylic acids is 2. The molecule has 0 aromatic heterocycles. The molecule has 4 rings (SSSR count). The van der Waals surface area contributed by atoms with Crippen LogP contribution in [0.5, 0.6) is 5.75 Å². The van der Waals surface area contributed by atoms with Crippen LogP contribution in [0, 0.1) is 11.7 Å². The van der Waals surface area contributed by atoms with Crippen LogP contribution in [0.15, 0.2) is 83.8 Å². The van der Waals surface area contributed by atoms with Crippen molar-refractivity contribution >= 4 is 21.8 Å². The Labute approximate surface area is 252 Å². The molecule has 1 unspecified atom stereocenters. The average molecular weight is 612 g/mol. The average Bonchev–Trinajstić information content (AvgIpc) is 3.02. The monoisotopic (exact) mass is 611 g/mol. The zero-order valence-corrected chi connectivity index (χ0v) is 25.3. The summed E-state index contributed by atoms with van der Waals surface area (Å²) in [6, 6.07) is 20.2. The van der Waals surface area contributed by atoms with Gasteiger partial charge < -0.3 is 19.7 Å². The van der Waals surface area contributed by atoms with Crippen LogP contribution < -0.4 is 10.1 Å². The van der Waals surface area contributed by atoms with Crippen LogP contribution in [0.4, 0.5) is 4.39 Å². The van der Waals surface area contributed by atoms with Gasteiger partial charge in [0.15, 0.2) is 6.61 Å². The lowest BCUT2D eigenvalue weighted by atomic mass is 10.0. The summed E-state index contributed by atoms with van der Waals surface area (Å²) in [6.07, 6.45) is 0.270. The molecule has 43 heavy (non-hydrogen) atoms. The highest BCUT2D eigenvalue weighted by atomic mass is 32.2. The quantitative estimate of drug-likeness (QED) is 0.317. The molecule has 0 radical (unpaired) electrons. The minimum atomic E-state index is -3.67. The molecule has 230 valence electrons. The maximum absolute atomic E-state index is 13.7. The first-order chi connectivity index (χ1) is 20.6. The first kappa shape index (κ1) is 32.1. The Hall–Kier alpha value is -3.80. The lowest BCUT2D eigenvalue weighted by molar-refractivity contribution is -0.142. The van der Waals surface area contributed by atoms with Crippen molar-refractivity contribution in [3.63, 3.8) is 0 Å². The molecule has 1 heterocycles. The number of rotatable bonds is 13. The number of morpholine rings is 1. The molecule has 1 atom stereocenters. The van der Waals surface area contributed by atoms with Gasteiger partial charge in [0.1, 0.15) is 17.6 Å². The smallest absolute Gasteiger partial charge is 0.261 e. The minimum absolute atomic E-state index is 0.0613. The Kier molecular flexibility index (Phi) is 11.3. The third kappa shape index (κ3) is 9.09. The van der Waals surface area contributed by atoms with Crippen LogP contribution in [0.1, 0.15) is 25.0 Å². The van der Waals surface area contributed by atoms with Gasteiger partial charge in [-0.1, -0.05) is 56.3 Å². The number of sulfonamides is 1. The van der Waals surface area contributed by atoms with E-state index in [1.807, 2.05) is 44.2 Å². The maximum Gasteiger partial charge on any atom is 0.261 e. The van der Waals surface area contributed by atoms with Gasteiger partial charge in [0, 0.05) is 32.6 Å². The number of hydrogen-bond donors (Lipinski definition) is 1. The highest BCUT2D eigenvalue weighted by Crippen LogP contribution is 2.21. The second-order valence-electron chi connectivity index (χ2n) is 10.8. The molecular formula is C32H38FN3O6S. The molecule has 3 aromatic rings. The Morgan fingerprint density at radius 1 is 0.953 bits per heavy atom. The summed E-state index contributed by atoms with van der Waals surface area (Å²) >= 11 is 0. The second-order valence-corrected chi connectivity index (χ2v) is 12.7. The lowest BCUT2D eigenvalue weighted by Gasteiger charge is -2.31. The molecule has 0 spiro atoms. The molecule has 1 aliphatic heterocycles. The molecule has 1 aliphatic rings. The van der Waals surface area contributed by atoms with Gasteiger partial charge in [-0.15, -0.1) is 0 Å². The first-order valence-corrected chi connectivity index (χ1v) is 15.7. The summed E-state index contributed by atoms with van der Waals surface area (Å²) in [4.78, 5) is 28.8. The summed E-state index contributed by atoms with van der Waals surface area (Å²) in [7, 11) is -3.67. The van der Waals surface area contributed by atoms with Gasteiger partial charge in [0.2, 0.25) is 15.9 Å². The van der Waals surface area contributed by atoms with E-state index < -0.39 is 27.8 Å². The van der Waals surface area contributed by atoms with Crippen molar-refractivity contribution in [1.82, 2.24) is 14.5 Å². The van der Waals surface area contributed by atoms with Gasteiger partial charge in [-0.05, 0) is 53.4 Å². The zero-order valence-electron chi connectivity index (χ0n) is 24.4. The SMILES string of the molecule is CC(C)CNC(=O)C(Cc1ccccc1)N(Cc1ccc(F)cc1)C(=O)COc1ccc(S(=O)(=O)N2CCOCC2)cc1. The number of benzene rings is 3. The van der Waals surface area contributed by atoms with Crippen molar-refractivity contribution in [2.75, 3.05) is 39.5 Å². The fourth-order valence-electron chi connectivity index (χ4n) is 4.63. The van der Waals surface area contributed by atoms with E-state index in [1.165, 1.54) is 45.6 Å².